The second-order valence-electron chi connectivity index (χ2n) is 9.36. The highest BCUT2D eigenvalue weighted by Gasteiger charge is 2.56. The molecule has 0 amide bonds. The van der Waals surface area contributed by atoms with Crippen molar-refractivity contribution in [2.45, 2.75) is 70.5 Å². The molecule has 1 saturated heterocycles. The van der Waals surface area contributed by atoms with Gasteiger partial charge in [0.15, 0.2) is 0 Å². The molecule has 0 bridgehead atoms. The Kier molecular flexibility index (Phi) is 3.84. The third-order valence-corrected chi connectivity index (χ3v) is 8.55. The molecule has 1 aliphatic heterocycles. The van der Waals surface area contributed by atoms with E-state index < -0.39 is 0 Å². The fourth-order valence-electron chi connectivity index (χ4n) is 7.22. The molecule has 1 N–H and O–H groups in total. The molecule has 4 aliphatic carbocycles. The van der Waals surface area contributed by atoms with Gasteiger partial charge in [0.05, 0.1) is 12.2 Å². The Morgan fingerprint density at radius 2 is 2.04 bits per heavy atom. The molecule has 0 aromatic rings. The first-order valence-corrected chi connectivity index (χ1v) is 10.2. The van der Waals surface area contributed by atoms with E-state index in [-0.39, 0.29) is 6.79 Å². The summed E-state index contributed by atoms with van der Waals surface area (Å²) in [6.45, 7) is 3.14. The van der Waals surface area contributed by atoms with Crippen molar-refractivity contribution >= 4 is 0 Å². The molecule has 3 unspecified atom stereocenters. The van der Waals surface area contributed by atoms with E-state index in [0.29, 0.717) is 17.6 Å². The van der Waals surface area contributed by atoms with Gasteiger partial charge in [0.25, 0.3) is 0 Å². The molecule has 5 aliphatic rings. The minimum atomic E-state index is -0.132. The lowest BCUT2D eigenvalue weighted by atomic mass is 9.54. The van der Waals surface area contributed by atoms with Gasteiger partial charge in [0.2, 0.25) is 0 Å². The van der Waals surface area contributed by atoms with Crippen molar-refractivity contribution in [1.82, 2.24) is 0 Å². The molecule has 0 spiro atoms. The molecule has 5 rings (SSSR count). The minimum absolute atomic E-state index is 0.132. The molecular formula is C21H32O3. The molecule has 0 radical (unpaired) electrons. The second-order valence-corrected chi connectivity index (χ2v) is 9.36. The summed E-state index contributed by atoms with van der Waals surface area (Å²) in [4.78, 5) is 0. The summed E-state index contributed by atoms with van der Waals surface area (Å²) < 4.78 is 11.1. The van der Waals surface area contributed by atoms with Crippen LogP contribution in [0.3, 0.4) is 0 Å². The topological polar surface area (TPSA) is 42.0 Å². The molecule has 3 saturated carbocycles. The van der Waals surface area contributed by atoms with Gasteiger partial charge in [-0.2, -0.15) is 0 Å². The average Bonchev–Trinajstić information content (AvgIpc) is 3.27. The highest BCUT2D eigenvalue weighted by molar-refractivity contribution is 5.26. The van der Waals surface area contributed by atoms with Gasteiger partial charge in [-0.15, -0.1) is 0 Å². The smallest absolute Gasteiger partial charge is 0.143 e. The van der Waals surface area contributed by atoms with Crippen molar-refractivity contribution in [3.63, 3.8) is 0 Å². The zero-order chi connectivity index (χ0) is 16.3. The van der Waals surface area contributed by atoms with E-state index >= 15 is 0 Å². The lowest BCUT2D eigenvalue weighted by Crippen LogP contribution is -2.43. The summed E-state index contributed by atoms with van der Waals surface area (Å²) in [6, 6.07) is 0. The zero-order valence-corrected chi connectivity index (χ0v) is 15.0. The maximum Gasteiger partial charge on any atom is 0.143 e. The largest absolute Gasteiger partial charge is 0.371 e. The zero-order valence-electron chi connectivity index (χ0n) is 15.0. The third-order valence-electron chi connectivity index (χ3n) is 8.55. The van der Waals surface area contributed by atoms with Crippen molar-refractivity contribution in [3.05, 3.63) is 11.6 Å². The van der Waals surface area contributed by atoms with Crippen LogP contribution in [0, 0.1) is 35.0 Å². The van der Waals surface area contributed by atoms with Crippen LogP contribution in [0.25, 0.3) is 0 Å². The molecule has 24 heavy (non-hydrogen) atoms. The minimum Gasteiger partial charge on any atom is -0.371 e. The Morgan fingerprint density at radius 3 is 2.92 bits per heavy atom. The predicted molar refractivity (Wildman–Crippen MR) is 92.3 cm³/mol. The number of ether oxygens (including phenoxy) is 2. The molecule has 3 nitrogen and oxygen atoms in total. The predicted octanol–water partition coefficient (Wildman–Crippen LogP) is 3.91. The Hall–Kier alpha value is -0.380. The number of allylic oxidation sites excluding steroid dienone is 2. The first kappa shape index (κ1) is 15.8. The Morgan fingerprint density at radius 1 is 1.17 bits per heavy atom. The van der Waals surface area contributed by atoms with Crippen LogP contribution >= 0.6 is 0 Å². The standard InChI is InChI=1S/C21H32O3/c1-21-8-6-15-16(18(21)5-3-14(21)7-9-23-12-22)4-2-13-10-19-20(24-19)11-17(13)15/h6,13-14,16-20,22H,2-5,7-12H2,1H3/t13?,14-,16-,17-,18+,19?,20?,21-/m1/s1. The van der Waals surface area contributed by atoms with Crippen LogP contribution in [0.15, 0.2) is 11.6 Å². The first-order chi connectivity index (χ1) is 11.7. The number of hydrogen-bond acceptors (Lipinski definition) is 3. The Balaban J connectivity index is 1.35. The fourth-order valence-corrected chi connectivity index (χ4v) is 7.22. The van der Waals surface area contributed by atoms with Crippen molar-refractivity contribution in [3.8, 4) is 0 Å². The second kappa shape index (κ2) is 5.82. The van der Waals surface area contributed by atoms with E-state index in [1.54, 1.807) is 0 Å². The van der Waals surface area contributed by atoms with Crippen molar-refractivity contribution < 1.29 is 14.6 Å². The third kappa shape index (κ3) is 2.34. The molecule has 0 aromatic carbocycles. The van der Waals surface area contributed by atoms with Gasteiger partial charge in [0.1, 0.15) is 6.79 Å². The lowest BCUT2D eigenvalue weighted by Gasteiger charge is -2.51. The number of fused-ring (bicyclic) bond motifs is 6. The summed E-state index contributed by atoms with van der Waals surface area (Å²) in [6.07, 6.45) is 14.6. The van der Waals surface area contributed by atoms with E-state index in [9.17, 15) is 0 Å². The van der Waals surface area contributed by atoms with E-state index in [0.717, 1.165) is 42.6 Å². The van der Waals surface area contributed by atoms with E-state index in [4.69, 9.17) is 14.6 Å². The Bertz CT molecular complexity index is 529. The maximum atomic E-state index is 8.88. The van der Waals surface area contributed by atoms with Crippen LogP contribution in [0.2, 0.25) is 0 Å². The molecule has 1 heterocycles. The quantitative estimate of drug-likeness (QED) is 0.367. The van der Waals surface area contributed by atoms with Gasteiger partial charge in [-0.05, 0) is 86.4 Å². The van der Waals surface area contributed by atoms with Crippen LogP contribution in [-0.2, 0) is 9.47 Å². The van der Waals surface area contributed by atoms with Crippen molar-refractivity contribution in [2.75, 3.05) is 13.4 Å². The summed E-state index contributed by atoms with van der Waals surface area (Å²) in [5, 5.41) is 8.88. The summed E-state index contributed by atoms with van der Waals surface area (Å²) in [5.74, 6) is 4.26. The molecule has 3 heteroatoms. The number of rotatable bonds is 4. The van der Waals surface area contributed by atoms with Crippen molar-refractivity contribution in [1.29, 1.82) is 0 Å². The molecular weight excluding hydrogens is 300 g/mol. The summed E-state index contributed by atoms with van der Waals surface area (Å²) in [5.41, 5.74) is 2.31. The van der Waals surface area contributed by atoms with Gasteiger partial charge in [-0.1, -0.05) is 18.6 Å². The normalized spacial score (nSPS) is 51.9. The summed E-state index contributed by atoms with van der Waals surface area (Å²) >= 11 is 0. The highest BCUT2D eigenvalue weighted by Crippen LogP contribution is 2.63. The van der Waals surface area contributed by atoms with Crippen LogP contribution in [0.5, 0.6) is 0 Å². The molecule has 8 atom stereocenters. The highest BCUT2D eigenvalue weighted by atomic mass is 16.6. The van der Waals surface area contributed by atoms with Crippen LogP contribution in [0.4, 0.5) is 0 Å². The molecule has 0 aromatic heterocycles. The molecule has 134 valence electrons. The fraction of sp³-hybridized carbons (Fsp3) is 0.905. The monoisotopic (exact) mass is 332 g/mol. The van der Waals surface area contributed by atoms with Crippen LogP contribution in [0.1, 0.15) is 58.3 Å². The van der Waals surface area contributed by atoms with Crippen molar-refractivity contribution in [2.24, 2.45) is 35.0 Å². The molecule has 4 fully saturated rings. The van der Waals surface area contributed by atoms with Gasteiger partial charge in [0, 0.05) is 6.61 Å². The number of aliphatic hydroxyl groups excluding tert-OH is 1. The lowest BCUT2D eigenvalue weighted by molar-refractivity contribution is -0.0165. The average molecular weight is 332 g/mol. The van der Waals surface area contributed by atoms with E-state index in [2.05, 4.69) is 13.0 Å². The van der Waals surface area contributed by atoms with E-state index in [1.807, 2.05) is 5.57 Å². The van der Waals surface area contributed by atoms with Gasteiger partial charge in [-0.25, -0.2) is 0 Å². The SMILES string of the molecule is C[C@]12CC=C3[C@@H](CCC4CC5OC5C[C@@H]34)[C@@H]1CC[C@@H]2CCOCO. The maximum absolute atomic E-state index is 8.88. The number of epoxide rings is 1. The number of aliphatic hydroxyl groups is 1. The summed E-state index contributed by atoms with van der Waals surface area (Å²) in [7, 11) is 0. The van der Waals surface area contributed by atoms with Crippen LogP contribution in [-0.4, -0.2) is 30.7 Å². The Labute approximate surface area is 145 Å². The number of hydrogen-bond donors (Lipinski definition) is 1. The van der Waals surface area contributed by atoms with Gasteiger partial charge < -0.3 is 14.6 Å². The first-order valence-electron chi connectivity index (χ1n) is 10.2. The van der Waals surface area contributed by atoms with Gasteiger partial charge in [-0.3, -0.25) is 0 Å². The van der Waals surface area contributed by atoms with E-state index in [1.165, 1.54) is 44.9 Å². The van der Waals surface area contributed by atoms with Gasteiger partial charge >= 0.3 is 0 Å². The van der Waals surface area contributed by atoms with Crippen LogP contribution < -0.4 is 0 Å².